The number of carbonyl (C=O) groups is 1. The Labute approximate surface area is 204 Å². The quantitative estimate of drug-likeness (QED) is 0.262. The summed E-state index contributed by atoms with van der Waals surface area (Å²) in [5.41, 5.74) is 4.92. The Morgan fingerprint density at radius 3 is 2.39 bits per heavy atom. The third-order valence-electron chi connectivity index (χ3n) is 5.86. The normalized spacial score (nSPS) is 11.8. The molecule has 0 fully saturated rings. The molecule has 4 rings (SSSR count). The van der Waals surface area contributed by atoms with Gasteiger partial charge in [0, 0.05) is 27.6 Å². The zero-order valence-electron chi connectivity index (χ0n) is 18.9. The summed E-state index contributed by atoms with van der Waals surface area (Å²) >= 11 is 7.53. The van der Waals surface area contributed by atoms with Crippen molar-refractivity contribution >= 4 is 34.0 Å². The lowest BCUT2D eigenvalue weighted by Gasteiger charge is -2.27. The van der Waals surface area contributed by atoms with Crippen LogP contribution in [0.2, 0.25) is 5.02 Å². The molecule has 3 aromatic carbocycles. The van der Waals surface area contributed by atoms with E-state index >= 15 is 0 Å². The fourth-order valence-electron chi connectivity index (χ4n) is 3.79. The van der Waals surface area contributed by atoms with Gasteiger partial charge in [0.2, 0.25) is 0 Å². The maximum atomic E-state index is 13.8. The first kappa shape index (κ1) is 23.2. The lowest BCUT2D eigenvalue weighted by atomic mass is 9.98. The van der Waals surface area contributed by atoms with Gasteiger partial charge in [-0.3, -0.25) is 9.69 Å². The van der Waals surface area contributed by atoms with Crippen molar-refractivity contribution in [2.24, 2.45) is 0 Å². The van der Waals surface area contributed by atoms with Crippen molar-refractivity contribution < 1.29 is 4.79 Å². The smallest absolute Gasteiger partial charge is 0.260 e. The van der Waals surface area contributed by atoms with Crippen molar-refractivity contribution in [1.29, 1.82) is 0 Å². The number of anilines is 1. The van der Waals surface area contributed by atoms with Crippen molar-refractivity contribution in [3.63, 3.8) is 0 Å². The number of hydrogen-bond acceptors (Lipinski definition) is 3. The van der Waals surface area contributed by atoms with Gasteiger partial charge in [-0.2, -0.15) is 0 Å². The number of nitrogens with zero attached hydrogens (tertiary/aromatic N) is 2. The molecule has 4 aromatic rings. The number of carbonyl (C=O) groups excluding carboxylic acids is 1. The Morgan fingerprint density at radius 1 is 0.970 bits per heavy atom. The number of aromatic nitrogens is 1. The molecular weight excluding hydrogens is 448 g/mol. The third kappa shape index (κ3) is 5.52. The number of rotatable bonds is 8. The zero-order valence-corrected chi connectivity index (χ0v) is 20.4. The third-order valence-corrected chi connectivity index (χ3v) is 6.95. The van der Waals surface area contributed by atoms with Gasteiger partial charge in [0.25, 0.3) is 5.91 Å². The summed E-state index contributed by atoms with van der Waals surface area (Å²) in [5.74, 6) is 0.00465. The molecule has 0 N–H and O–H groups in total. The molecule has 0 spiro atoms. The van der Waals surface area contributed by atoms with Crippen LogP contribution in [0.4, 0.5) is 5.13 Å². The van der Waals surface area contributed by atoms with Crippen LogP contribution < -0.4 is 4.90 Å². The molecule has 5 heteroatoms. The van der Waals surface area contributed by atoms with Crippen LogP contribution in [0.5, 0.6) is 0 Å². The molecule has 1 amide bonds. The molecule has 1 aromatic heterocycles. The number of aryl methyl sites for hydroxylation is 2. The summed E-state index contributed by atoms with van der Waals surface area (Å²) in [7, 11) is 0. The second-order valence-corrected chi connectivity index (χ2v) is 9.37. The number of thiazole rings is 1. The number of benzene rings is 3. The standard InChI is InChI=1S/C28H27ClN2OS/c1-3-20(2)31(28-30-26(19-33-28)23-15-17-24(29)18-16-23)27(32)25-12-8-7-11-22(25)14-13-21-9-5-4-6-10-21/h4-12,15-20H,3,13-14H2,1-2H3/t20-/m1/s1. The first-order chi connectivity index (χ1) is 16.1. The van der Waals surface area contributed by atoms with Gasteiger partial charge >= 0.3 is 0 Å². The van der Waals surface area contributed by atoms with Gasteiger partial charge in [0.15, 0.2) is 5.13 Å². The van der Waals surface area contributed by atoms with E-state index in [9.17, 15) is 4.79 Å². The van der Waals surface area contributed by atoms with Gasteiger partial charge < -0.3 is 0 Å². The van der Waals surface area contributed by atoms with Crippen LogP contribution in [0.1, 0.15) is 41.8 Å². The minimum atomic E-state index is 0.00465. The highest BCUT2D eigenvalue weighted by Gasteiger charge is 2.26. The van der Waals surface area contributed by atoms with E-state index in [1.54, 1.807) is 0 Å². The monoisotopic (exact) mass is 474 g/mol. The van der Waals surface area contributed by atoms with Gasteiger partial charge in [0.1, 0.15) is 0 Å². The van der Waals surface area contributed by atoms with Gasteiger partial charge in [-0.15, -0.1) is 11.3 Å². The van der Waals surface area contributed by atoms with Crippen LogP contribution in [-0.4, -0.2) is 16.9 Å². The summed E-state index contributed by atoms with van der Waals surface area (Å²) in [6.07, 6.45) is 2.55. The second kappa shape index (κ2) is 10.8. The SMILES string of the molecule is CC[C@@H](C)N(C(=O)c1ccccc1CCc1ccccc1)c1nc(-c2ccc(Cl)cc2)cs1. The van der Waals surface area contributed by atoms with Crippen molar-refractivity contribution in [1.82, 2.24) is 4.98 Å². The summed E-state index contributed by atoms with van der Waals surface area (Å²) in [6.45, 7) is 4.17. The number of halogens is 1. The molecule has 0 saturated heterocycles. The molecule has 33 heavy (non-hydrogen) atoms. The molecule has 0 saturated carbocycles. The minimum absolute atomic E-state index is 0.00465. The predicted molar refractivity (Wildman–Crippen MR) is 139 cm³/mol. The van der Waals surface area contributed by atoms with Gasteiger partial charge in [-0.1, -0.05) is 79.2 Å². The average Bonchev–Trinajstić information content (AvgIpc) is 3.33. The molecule has 0 unspecified atom stereocenters. The Hall–Kier alpha value is -2.95. The Kier molecular flexibility index (Phi) is 7.58. The van der Waals surface area contributed by atoms with Gasteiger partial charge in [-0.25, -0.2) is 4.98 Å². The van der Waals surface area contributed by atoms with Crippen molar-refractivity contribution in [3.05, 3.63) is 106 Å². The van der Waals surface area contributed by atoms with Crippen LogP contribution in [0.25, 0.3) is 11.3 Å². The largest absolute Gasteiger partial charge is 0.281 e. The Balaban J connectivity index is 1.62. The molecule has 0 aliphatic rings. The van der Waals surface area contributed by atoms with Crippen LogP contribution in [0.15, 0.2) is 84.2 Å². The zero-order chi connectivity index (χ0) is 23.2. The maximum Gasteiger partial charge on any atom is 0.260 e. The molecule has 168 valence electrons. The van der Waals surface area contributed by atoms with E-state index in [0.717, 1.165) is 46.8 Å². The topological polar surface area (TPSA) is 33.2 Å². The van der Waals surface area contributed by atoms with Gasteiger partial charge in [0.05, 0.1) is 5.69 Å². The van der Waals surface area contributed by atoms with Crippen molar-refractivity contribution in [2.45, 2.75) is 39.2 Å². The summed E-state index contributed by atoms with van der Waals surface area (Å²) in [4.78, 5) is 20.5. The second-order valence-electron chi connectivity index (χ2n) is 8.10. The Bertz CT molecular complexity index is 1200. The van der Waals surface area contributed by atoms with Crippen molar-refractivity contribution in [3.8, 4) is 11.3 Å². The van der Waals surface area contributed by atoms with Crippen LogP contribution in [-0.2, 0) is 12.8 Å². The van der Waals surface area contributed by atoms with E-state index in [1.165, 1.54) is 16.9 Å². The fraction of sp³-hybridized carbons (Fsp3) is 0.214. The molecule has 3 nitrogen and oxygen atoms in total. The number of hydrogen-bond donors (Lipinski definition) is 0. The van der Waals surface area contributed by atoms with E-state index in [0.29, 0.717) is 5.02 Å². The van der Waals surface area contributed by atoms with E-state index in [4.69, 9.17) is 16.6 Å². The first-order valence-corrected chi connectivity index (χ1v) is 12.5. The summed E-state index contributed by atoms with van der Waals surface area (Å²) < 4.78 is 0. The van der Waals surface area contributed by atoms with E-state index in [1.807, 2.05) is 58.8 Å². The highest BCUT2D eigenvalue weighted by atomic mass is 35.5. The Morgan fingerprint density at radius 2 is 1.67 bits per heavy atom. The number of amides is 1. The molecule has 0 aliphatic carbocycles. The van der Waals surface area contributed by atoms with Crippen LogP contribution >= 0.6 is 22.9 Å². The van der Waals surface area contributed by atoms with E-state index in [2.05, 4.69) is 44.2 Å². The van der Waals surface area contributed by atoms with E-state index in [-0.39, 0.29) is 11.9 Å². The lowest BCUT2D eigenvalue weighted by molar-refractivity contribution is 0.0977. The van der Waals surface area contributed by atoms with Crippen LogP contribution in [0.3, 0.4) is 0 Å². The fourth-order valence-corrected chi connectivity index (χ4v) is 4.85. The molecular formula is C28H27ClN2OS. The highest BCUT2D eigenvalue weighted by Crippen LogP contribution is 2.31. The molecule has 0 radical (unpaired) electrons. The lowest BCUT2D eigenvalue weighted by Crippen LogP contribution is -2.39. The molecule has 1 atom stereocenters. The predicted octanol–water partition coefficient (Wildman–Crippen LogP) is 7.69. The molecule has 0 bridgehead atoms. The minimum Gasteiger partial charge on any atom is -0.281 e. The summed E-state index contributed by atoms with van der Waals surface area (Å²) in [5, 5.41) is 3.41. The van der Waals surface area contributed by atoms with Crippen molar-refractivity contribution in [2.75, 3.05) is 4.90 Å². The summed E-state index contributed by atoms with van der Waals surface area (Å²) in [6, 6.07) is 26.0. The average molecular weight is 475 g/mol. The van der Waals surface area contributed by atoms with Gasteiger partial charge in [-0.05, 0) is 55.5 Å². The van der Waals surface area contributed by atoms with E-state index < -0.39 is 0 Å². The van der Waals surface area contributed by atoms with Crippen LogP contribution in [0, 0.1) is 0 Å². The maximum absolute atomic E-state index is 13.8. The molecule has 1 heterocycles. The highest BCUT2D eigenvalue weighted by molar-refractivity contribution is 7.14. The molecule has 0 aliphatic heterocycles. The first-order valence-electron chi connectivity index (χ1n) is 11.2.